The number of fused-ring (bicyclic) bond motifs is 1. The molecule has 1 aromatic heterocycles. The van der Waals surface area contributed by atoms with Crippen LogP contribution >= 0.6 is 0 Å². The predicted octanol–water partition coefficient (Wildman–Crippen LogP) is 2.70. The Bertz CT molecular complexity index is 1070. The first-order chi connectivity index (χ1) is 14.8. The topological polar surface area (TPSA) is 71.5 Å². The van der Waals surface area contributed by atoms with Crippen molar-refractivity contribution < 1.29 is 27.5 Å². The third kappa shape index (κ3) is 3.20. The molecular formula is C22H18F3N3O3. The van der Waals surface area contributed by atoms with Gasteiger partial charge in [-0.1, -0.05) is 18.2 Å². The number of alkyl halides is 3. The van der Waals surface area contributed by atoms with Gasteiger partial charge in [-0.3, -0.25) is 14.6 Å². The van der Waals surface area contributed by atoms with Crippen LogP contribution in [0, 0.1) is 11.8 Å². The molecule has 6 nitrogen and oxygen atoms in total. The maximum atomic E-state index is 13.3. The summed E-state index contributed by atoms with van der Waals surface area (Å²) in [6.07, 6.45) is 1.71. The molecule has 0 aliphatic carbocycles. The van der Waals surface area contributed by atoms with Crippen molar-refractivity contribution in [3.63, 3.8) is 0 Å². The molecule has 5 rings (SSSR count). The minimum atomic E-state index is -4.52. The van der Waals surface area contributed by atoms with Crippen LogP contribution in [0.5, 0.6) is 0 Å². The number of aromatic nitrogens is 1. The number of benzene rings is 1. The van der Waals surface area contributed by atoms with Gasteiger partial charge in [-0.2, -0.15) is 13.2 Å². The van der Waals surface area contributed by atoms with E-state index in [0.717, 1.165) is 17.7 Å². The van der Waals surface area contributed by atoms with Crippen molar-refractivity contribution in [3.05, 3.63) is 72.1 Å². The van der Waals surface area contributed by atoms with Crippen molar-refractivity contribution >= 4 is 17.5 Å². The maximum absolute atomic E-state index is 13.3. The third-order valence-corrected chi connectivity index (χ3v) is 6.10. The molecule has 1 spiro atoms. The monoisotopic (exact) mass is 429 g/mol. The summed E-state index contributed by atoms with van der Waals surface area (Å²) < 4.78 is 45.4. The van der Waals surface area contributed by atoms with E-state index in [9.17, 15) is 22.8 Å². The Kier molecular flexibility index (Phi) is 4.40. The second kappa shape index (κ2) is 6.91. The van der Waals surface area contributed by atoms with E-state index in [0.29, 0.717) is 0 Å². The first-order valence-corrected chi connectivity index (χ1v) is 9.81. The zero-order valence-electron chi connectivity index (χ0n) is 16.2. The molecule has 0 radical (unpaired) electrons. The average molecular weight is 429 g/mol. The van der Waals surface area contributed by atoms with E-state index in [1.165, 1.54) is 17.0 Å². The van der Waals surface area contributed by atoms with Crippen molar-refractivity contribution in [2.75, 3.05) is 11.4 Å². The molecule has 31 heavy (non-hydrogen) atoms. The van der Waals surface area contributed by atoms with Crippen LogP contribution in [0.25, 0.3) is 0 Å². The number of ether oxygens (including phenoxy) is 1. The molecule has 160 valence electrons. The highest BCUT2D eigenvalue weighted by Crippen LogP contribution is 2.52. The summed E-state index contributed by atoms with van der Waals surface area (Å²) in [5.74, 6) is -2.25. The van der Waals surface area contributed by atoms with Gasteiger partial charge in [0.25, 0.3) is 0 Å². The lowest BCUT2D eigenvalue weighted by Crippen LogP contribution is -2.44. The number of anilines is 1. The molecule has 2 amide bonds. The number of hydrogen-bond acceptors (Lipinski definition) is 4. The maximum Gasteiger partial charge on any atom is 0.416 e. The highest BCUT2D eigenvalue weighted by atomic mass is 19.4. The van der Waals surface area contributed by atoms with E-state index in [2.05, 4.69) is 10.3 Å². The number of hydrogen-bond donors (Lipinski definition) is 1. The molecular weight excluding hydrogens is 411 g/mol. The smallest absolute Gasteiger partial charge is 0.360 e. The van der Waals surface area contributed by atoms with Crippen molar-refractivity contribution in [1.82, 2.24) is 10.3 Å². The Labute approximate surface area is 175 Å². The van der Waals surface area contributed by atoms with Crippen LogP contribution in [-0.4, -0.2) is 35.0 Å². The Morgan fingerprint density at radius 3 is 2.77 bits per heavy atom. The highest BCUT2D eigenvalue weighted by molar-refractivity contribution is 6.03. The number of amides is 2. The fraction of sp³-hybridized carbons (Fsp3) is 0.318. The highest BCUT2D eigenvalue weighted by Gasteiger charge is 2.67. The van der Waals surface area contributed by atoms with E-state index in [1.54, 1.807) is 36.7 Å². The average Bonchev–Trinajstić information content (AvgIpc) is 3.40. The zero-order chi connectivity index (χ0) is 21.8. The zero-order valence-corrected chi connectivity index (χ0v) is 16.2. The van der Waals surface area contributed by atoms with Crippen molar-refractivity contribution in [2.24, 2.45) is 11.8 Å². The first kappa shape index (κ1) is 19.7. The molecule has 3 aliphatic heterocycles. The van der Waals surface area contributed by atoms with Crippen molar-refractivity contribution in [3.8, 4) is 0 Å². The Balaban J connectivity index is 1.39. The quantitative estimate of drug-likeness (QED) is 0.759. The summed E-state index contributed by atoms with van der Waals surface area (Å²) in [4.78, 5) is 31.4. The van der Waals surface area contributed by atoms with Gasteiger partial charge in [0.1, 0.15) is 5.60 Å². The fourth-order valence-electron chi connectivity index (χ4n) is 4.67. The molecule has 2 saturated heterocycles. The molecule has 3 aliphatic rings. The standard InChI is InChI=1S/C22H18F3N3O3/c23-22(24,25)14-2-1-3-15(10-14)28-12-21-7-4-16(31-21)17(18(21)20(28)30)19(29)27-11-13-5-8-26-9-6-13/h1-10,16-18H,11-12H2,(H,27,29)/t16-,17+,18-,21-/m1/s1. The number of rotatable bonds is 4. The van der Waals surface area contributed by atoms with Gasteiger partial charge in [0.15, 0.2) is 0 Å². The molecule has 2 aromatic rings. The summed E-state index contributed by atoms with van der Waals surface area (Å²) in [6, 6.07) is 8.18. The largest absolute Gasteiger partial charge is 0.416 e. The molecule has 0 unspecified atom stereocenters. The minimum absolute atomic E-state index is 0.0684. The predicted molar refractivity (Wildman–Crippen MR) is 104 cm³/mol. The fourth-order valence-corrected chi connectivity index (χ4v) is 4.67. The summed E-state index contributed by atoms with van der Waals surface area (Å²) in [5.41, 5.74) is -0.838. The second-order valence-electron chi connectivity index (χ2n) is 7.95. The minimum Gasteiger partial charge on any atom is -0.360 e. The first-order valence-electron chi connectivity index (χ1n) is 9.81. The lowest BCUT2D eigenvalue weighted by Gasteiger charge is -2.23. The van der Waals surface area contributed by atoms with Crippen molar-refractivity contribution in [1.29, 1.82) is 0 Å². The molecule has 9 heteroatoms. The Hall–Kier alpha value is -3.20. The molecule has 2 fully saturated rings. The van der Waals surface area contributed by atoms with E-state index >= 15 is 0 Å². The van der Waals surface area contributed by atoms with E-state index in [4.69, 9.17) is 4.74 Å². The molecule has 1 N–H and O–H groups in total. The van der Waals surface area contributed by atoms with Crippen LogP contribution in [0.3, 0.4) is 0 Å². The van der Waals surface area contributed by atoms with Gasteiger partial charge >= 0.3 is 6.18 Å². The number of carbonyl (C=O) groups excluding carboxylic acids is 2. The van der Waals surface area contributed by atoms with Crippen LogP contribution in [0.1, 0.15) is 11.1 Å². The van der Waals surface area contributed by atoms with Crippen LogP contribution in [0.2, 0.25) is 0 Å². The second-order valence-corrected chi connectivity index (χ2v) is 7.95. The van der Waals surface area contributed by atoms with Gasteiger partial charge in [-0.25, -0.2) is 0 Å². The summed E-state index contributed by atoms with van der Waals surface area (Å²) in [7, 11) is 0. The molecule has 4 heterocycles. The van der Waals surface area contributed by atoms with Crippen LogP contribution in [0.4, 0.5) is 18.9 Å². The van der Waals surface area contributed by atoms with E-state index < -0.39 is 41.2 Å². The van der Waals surface area contributed by atoms with Gasteiger partial charge < -0.3 is 15.0 Å². The van der Waals surface area contributed by atoms with Gasteiger partial charge in [-0.05, 0) is 35.9 Å². The number of halogens is 3. The Morgan fingerprint density at radius 1 is 1.26 bits per heavy atom. The van der Waals surface area contributed by atoms with Crippen molar-refractivity contribution in [2.45, 2.75) is 24.4 Å². The van der Waals surface area contributed by atoms with Crippen LogP contribution in [0.15, 0.2) is 60.9 Å². The SMILES string of the molecule is O=C(NCc1ccncc1)[C@H]1[C@H]2C=C[C@]3(CN(c4cccc(C(F)(F)F)c4)C(=O)[C@@H]13)O2. The normalized spacial score (nSPS) is 28.8. The lowest BCUT2D eigenvalue weighted by molar-refractivity contribution is -0.137. The molecule has 1 aromatic carbocycles. The number of nitrogens with zero attached hydrogens (tertiary/aromatic N) is 2. The molecule has 4 atom stereocenters. The van der Waals surface area contributed by atoms with Gasteiger partial charge in [0.05, 0.1) is 30.0 Å². The molecule has 2 bridgehead atoms. The van der Waals surface area contributed by atoms with Crippen LogP contribution < -0.4 is 10.2 Å². The van der Waals surface area contributed by atoms with E-state index in [-0.39, 0.29) is 24.7 Å². The number of pyridine rings is 1. The third-order valence-electron chi connectivity index (χ3n) is 6.10. The molecule has 0 saturated carbocycles. The Morgan fingerprint density at radius 2 is 2.03 bits per heavy atom. The number of carbonyl (C=O) groups is 2. The van der Waals surface area contributed by atoms with Gasteiger partial charge in [-0.15, -0.1) is 0 Å². The van der Waals surface area contributed by atoms with Gasteiger partial charge in [0, 0.05) is 24.6 Å². The van der Waals surface area contributed by atoms with Gasteiger partial charge in [0.2, 0.25) is 11.8 Å². The summed E-state index contributed by atoms with van der Waals surface area (Å²) in [6.45, 7) is 0.346. The van der Waals surface area contributed by atoms with Crippen LogP contribution in [-0.2, 0) is 27.0 Å². The lowest BCUT2D eigenvalue weighted by atomic mass is 9.77. The summed E-state index contributed by atoms with van der Waals surface area (Å²) >= 11 is 0. The number of nitrogens with one attached hydrogen (secondary N) is 1. The summed E-state index contributed by atoms with van der Waals surface area (Å²) in [5, 5.41) is 2.84. The van der Waals surface area contributed by atoms with E-state index in [1.807, 2.05) is 0 Å².